The van der Waals surface area contributed by atoms with Crippen LogP contribution in [0.2, 0.25) is 5.02 Å². The zero-order chi connectivity index (χ0) is 16.5. The van der Waals surface area contributed by atoms with E-state index < -0.39 is 0 Å². The van der Waals surface area contributed by atoms with Gasteiger partial charge in [0.25, 0.3) is 5.91 Å². The Morgan fingerprint density at radius 1 is 1.25 bits per heavy atom. The fraction of sp³-hybridized carbons (Fsp3) is 0.526. The Kier molecular flexibility index (Phi) is 4.79. The van der Waals surface area contributed by atoms with Crippen molar-refractivity contribution in [2.24, 2.45) is 5.92 Å². The number of carbonyl (C=O) groups is 1. The van der Waals surface area contributed by atoms with Crippen LogP contribution in [0.15, 0.2) is 24.3 Å². The summed E-state index contributed by atoms with van der Waals surface area (Å²) in [6.07, 6.45) is 6.45. The zero-order valence-corrected chi connectivity index (χ0v) is 15.3. The van der Waals surface area contributed by atoms with Gasteiger partial charge in [0.15, 0.2) is 0 Å². The predicted molar refractivity (Wildman–Crippen MR) is 101 cm³/mol. The van der Waals surface area contributed by atoms with Crippen molar-refractivity contribution in [3.8, 4) is 0 Å². The molecule has 3 heterocycles. The molecule has 128 valence electrons. The first-order valence-corrected chi connectivity index (χ1v) is 10.1. The zero-order valence-electron chi connectivity index (χ0n) is 13.8. The maximum atomic E-state index is 12.6. The van der Waals surface area contributed by atoms with Gasteiger partial charge in [-0.1, -0.05) is 30.2 Å². The Bertz CT molecular complexity index is 742. The molecule has 2 fully saturated rings. The van der Waals surface area contributed by atoms with E-state index in [1.165, 1.54) is 56.5 Å². The minimum atomic E-state index is 0.0419. The Hall–Kier alpha value is -1.10. The number of nitrogens with one attached hydrogen (secondary N) is 1. The molecule has 2 aromatic rings. The topological polar surface area (TPSA) is 32.3 Å². The van der Waals surface area contributed by atoms with Crippen LogP contribution in [-0.2, 0) is 0 Å². The van der Waals surface area contributed by atoms with Gasteiger partial charge in [-0.2, -0.15) is 0 Å². The second-order valence-corrected chi connectivity index (χ2v) is 8.44. The second-order valence-electron chi connectivity index (χ2n) is 6.98. The highest BCUT2D eigenvalue weighted by atomic mass is 35.5. The van der Waals surface area contributed by atoms with Gasteiger partial charge >= 0.3 is 0 Å². The lowest BCUT2D eigenvalue weighted by Crippen LogP contribution is -2.50. The number of rotatable bonds is 3. The molecule has 1 aromatic heterocycles. The Labute approximate surface area is 152 Å². The molecular weight excluding hydrogens is 340 g/mol. The average Bonchev–Trinajstić information content (AvgIpc) is 3.05. The number of fused-ring (bicyclic) bond motifs is 2. The molecule has 1 amide bonds. The van der Waals surface area contributed by atoms with Crippen LogP contribution < -0.4 is 5.32 Å². The van der Waals surface area contributed by atoms with Gasteiger partial charge in [0.05, 0.1) is 14.6 Å². The van der Waals surface area contributed by atoms with Gasteiger partial charge in [0.2, 0.25) is 0 Å². The highest BCUT2D eigenvalue weighted by molar-refractivity contribution is 7.21. The van der Waals surface area contributed by atoms with Gasteiger partial charge in [0, 0.05) is 12.6 Å². The molecule has 2 atom stereocenters. The molecule has 4 rings (SSSR count). The SMILES string of the molecule is O=C(NC[C@H]1CCCN2CCCC[C@@H]12)c1cc2cccc(Cl)c2s1. The molecule has 0 radical (unpaired) electrons. The van der Waals surface area contributed by atoms with Gasteiger partial charge in [-0.25, -0.2) is 0 Å². The molecule has 0 bridgehead atoms. The van der Waals surface area contributed by atoms with Crippen LogP contribution in [0.25, 0.3) is 10.1 Å². The van der Waals surface area contributed by atoms with E-state index in [1.807, 2.05) is 24.3 Å². The van der Waals surface area contributed by atoms with Gasteiger partial charge in [-0.3, -0.25) is 4.79 Å². The Balaban J connectivity index is 1.42. The van der Waals surface area contributed by atoms with E-state index in [9.17, 15) is 4.79 Å². The van der Waals surface area contributed by atoms with Crippen molar-refractivity contribution in [3.63, 3.8) is 0 Å². The number of benzene rings is 1. The van der Waals surface area contributed by atoms with Crippen LogP contribution in [0.5, 0.6) is 0 Å². The number of hydrogen-bond acceptors (Lipinski definition) is 3. The monoisotopic (exact) mass is 362 g/mol. The number of carbonyl (C=O) groups excluding carboxylic acids is 1. The highest BCUT2D eigenvalue weighted by Gasteiger charge is 2.33. The smallest absolute Gasteiger partial charge is 0.261 e. The summed E-state index contributed by atoms with van der Waals surface area (Å²) in [5.41, 5.74) is 0. The molecule has 0 aliphatic carbocycles. The van der Waals surface area contributed by atoms with Gasteiger partial charge in [-0.05, 0) is 62.2 Å². The maximum Gasteiger partial charge on any atom is 0.261 e. The molecule has 0 saturated carbocycles. The third kappa shape index (κ3) is 3.19. The van der Waals surface area contributed by atoms with Gasteiger partial charge in [0.1, 0.15) is 0 Å². The average molecular weight is 363 g/mol. The van der Waals surface area contributed by atoms with Crippen molar-refractivity contribution in [1.29, 1.82) is 0 Å². The standard InChI is InChI=1S/C19H23ClN2OS/c20-15-7-3-5-13-11-17(24-18(13)15)19(23)21-12-14-6-4-10-22-9-2-1-8-16(14)22/h3,5,7,11,14,16H,1-2,4,6,8-10,12H2,(H,21,23)/t14-,16+/m1/s1. The first-order valence-electron chi connectivity index (χ1n) is 8.93. The number of hydrogen-bond donors (Lipinski definition) is 1. The molecule has 1 aromatic carbocycles. The van der Waals surface area contributed by atoms with Crippen LogP contribution in [0.1, 0.15) is 41.8 Å². The third-order valence-electron chi connectivity index (χ3n) is 5.47. The third-order valence-corrected chi connectivity index (χ3v) is 7.08. The number of piperidine rings is 2. The number of amides is 1. The van der Waals surface area contributed by atoms with Crippen molar-refractivity contribution in [1.82, 2.24) is 10.2 Å². The van der Waals surface area contributed by atoms with Crippen molar-refractivity contribution in [2.45, 2.75) is 38.1 Å². The van der Waals surface area contributed by atoms with Crippen LogP contribution in [0.4, 0.5) is 0 Å². The minimum Gasteiger partial charge on any atom is -0.351 e. The number of thiophene rings is 1. The number of nitrogens with zero attached hydrogens (tertiary/aromatic N) is 1. The fourth-order valence-electron chi connectivity index (χ4n) is 4.27. The second kappa shape index (κ2) is 7.03. The maximum absolute atomic E-state index is 12.6. The lowest BCUT2D eigenvalue weighted by atomic mass is 9.83. The molecule has 0 unspecified atom stereocenters. The van der Waals surface area contributed by atoms with E-state index >= 15 is 0 Å². The summed E-state index contributed by atoms with van der Waals surface area (Å²) >= 11 is 7.71. The van der Waals surface area contributed by atoms with E-state index in [2.05, 4.69) is 10.2 Å². The van der Waals surface area contributed by atoms with Crippen molar-refractivity contribution < 1.29 is 4.79 Å². The summed E-state index contributed by atoms with van der Waals surface area (Å²) in [7, 11) is 0. The largest absolute Gasteiger partial charge is 0.351 e. The lowest BCUT2D eigenvalue weighted by molar-refractivity contribution is 0.0576. The first-order chi connectivity index (χ1) is 11.7. The summed E-state index contributed by atoms with van der Waals surface area (Å²) in [5.74, 6) is 0.640. The Morgan fingerprint density at radius 2 is 2.12 bits per heavy atom. The predicted octanol–water partition coefficient (Wildman–Crippen LogP) is 4.55. The first kappa shape index (κ1) is 16.4. The van der Waals surface area contributed by atoms with E-state index in [4.69, 9.17) is 11.6 Å². The molecule has 3 nitrogen and oxygen atoms in total. The molecule has 5 heteroatoms. The molecule has 2 aliphatic heterocycles. The lowest BCUT2D eigenvalue weighted by Gasteiger charge is -2.44. The van der Waals surface area contributed by atoms with Crippen LogP contribution in [-0.4, -0.2) is 36.5 Å². The van der Waals surface area contributed by atoms with Gasteiger partial charge < -0.3 is 10.2 Å². The van der Waals surface area contributed by atoms with E-state index in [1.54, 1.807) is 0 Å². The molecule has 0 spiro atoms. The van der Waals surface area contributed by atoms with Crippen LogP contribution >= 0.6 is 22.9 Å². The van der Waals surface area contributed by atoms with Crippen LogP contribution in [0, 0.1) is 5.92 Å². The molecule has 2 aliphatic rings. The quantitative estimate of drug-likeness (QED) is 0.868. The molecule has 1 N–H and O–H groups in total. The van der Waals surface area contributed by atoms with Crippen molar-refractivity contribution >= 4 is 38.9 Å². The summed E-state index contributed by atoms with van der Waals surface area (Å²) in [4.78, 5) is 16.0. The molecular formula is C19H23ClN2OS. The van der Waals surface area contributed by atoms with E-state index in [0.29, 0.717) is 12.0 Å². The van der Waals surface area contributed by atoms with Crippen molar-refractivity contribution in [3.05, 3.63) is 34.2 Å². The minimum absolute atomic E-state index is 0.0419. The summed E-state index contributed by atoms with van der Waals surface area (Å²) in [6.45, 7) is 3.27. The highest BCUT2D eigenvalue weighted by Crippen LogP contribution is 2.32. The molecule has 24 heavy (non-hydrogen) atoms. The van der Waals surface area contributed by atoms with Crippen molar-refractivity contribution in [2.75, 3.05) is 19.6 Å². The molecule has 2 saturated heterocycles. The van der Waals surface area contributed by atoms with E-state index in [-0.39, 0.29) is 5.91 Å². The van der Waals surface area contributed by atoms with E-state index in [0.717, 1.165) is 26.5 Å². The normalized spacial score (nSPS) is 24.7. The number of halogens is 1. The summed E-state index contributed by atoms with van der Waals surface area (Å²) in [6, 6.07) is 8.44. The fourth-order valence-corrected chi connectivity index (χ4v) is 5.54. The Morgan fingerprint density at radius 3 is 3.00 bits per heavy atom. The summed E-state index contributed by atoms with van der Waals surface area (Å²) in [5, 5.41) is 4.96. The summed E-state index contributed by atoms with van der Waals surface area (Å²) < 4.78 is 1.00. The van der Waals surface area contributed by atoms with Crippen LogP contribution in [0.3, 0.4) is 0 Å². The van der Waals surface area contributed by atoms with Gasteiger partial charge in [-0.15, -0.1) is 11.3 Å².